The SMILES string of the molecule is O=C(Cn1ncccc1=O)NCCNc1ccc(-n2cccc2)nn1. The van der Waals surface area contributed by atoms with Crippen molar-refractivity contribution in [2.24, 2.45) is 0 Å². The molecule has 0 aliphatic heterocycles. The van der Waals surface area contributed by atoms with Gasteiger partial charge in [-0.1, -0.05) is 0 Å². The summed E-state index contributed by atoms with van der Waals surface area (Å²) in [7, 11) is 0. The molecular formula is C16H17N7O2. The second-order valence-corrected chi connectivity index (χ2v) is 5.16. The molecule has 3 rings (SSSR count). The highest BCUT2D eigenvalue weighted by atomic mass is 16.2. The number of rotatable bonds is 7. The Kier molecular flexibility index (Phi) is 5.15. The van der Waals surface area contributed by atoms with Gasteiger partial charge in [-0.2, -0.15) is 5.10 Å². The van der Waals surface area contributed by atoms with Crippen LogP contribution in [0.5, 0.6) is 0 Å². The quantitative estimate of drug-likeness (QED) is 0.589. The van der Waals surface area contributed by atoms with Crippen molar-refractivity contribution in [1.82, 2.24) is 29.9 Å². The molecule has 0 fully saturated rings. The number of amides is 1. The molecule has 0 aliphatic carbocycles. The van der Waals surface area contributed by atoms with Gasteiger partial charge >= 0.3 is 0 Å². The van der Waals surface area contributed by atoms with E-state index in [9.17, 15) is 9.59 Å². The van der Waals surface area contributed by atoms with Crippen molar-refractivity contribution in [2.45, 2.75) is 6.54 Å². The van der Waals surface area contributed by atoms with Crippen molar-refractivity contribution < 1.29 is 4.79 Å². The summed E-state index contributed by atoms with van der Waals surface area (Å²) in [4.78, 5) is 23.3. The number of hydrogen-bond acceptors (Lipinski definition) is 6. The molecule has 3 aromatic rings. The first kappa shape index (κ1) is 16.4. The van der Waals surface area contributed by atoms with Crippen molar-refractivity contribution in [3.05, 3.63) is 65.3 Å². The van der Waals surface area contributed by atoms with Crippen molar-refractivity contribution in [2.75, 3.05) is 18.4 Å². The summed E-state index contributed by atoms with van der Waals surface area (Å²) >= 11 is 0. The Balaban J connectivity index is 1.42. The van der Waals surface area contributed by atoms with Crippen molar-refractivity contribution in [1.29, 1.82) is 0 Å². The minimum atomic E-state index is -0.311. The van der Waals surface area contributed by atoms with Crippen LogP contribution in [0, 0.1) is 0 Å². The lowest BCUT2D eigenvalue weighted by Gasteiger charge is -2.08. The summed E-state index contributed by atoms with van der Waals surface area (Å²) < 4.78 is 2.96. The fraction of sp³-hybridized carbons (Fsp3) is 0.188. The third-order valence-electron chi connectivity index (χ3n) is 3.35. The van der Waals surface area contributed by atoms with Crippen LogP contribution >= 0.6 is 0 Å². The number of nitrogens with one attached hydrogen (secondary N) is 2. The Morgan fingerprint density at radius 2 is 1.88 bits per heavy atom. The van der Waals surface area contributed by atoms with Crippen LogP contribution in [0.2, 0.25) is 0 Å². The first-order valence-corrected chi connectivity index (χ1v) is 7.72. The van der Waals surface area contributed by atoms with Gasteiger partial charge in [-0.3, -0.25) is 9.59 Å². The van der Waals surface area contributed by atoms with E-state index < -0.39 is 0 Å². The summed E-state index contributed by atoms with van der Waals surface area (Å²) in [6.07, 6.45) is 5.24. The second kappa shape index (κ2) is 7.86. The van der Waals surface area contributed by atoms with Crippen LogP contribution in [0.4, 0.5) is 5.82 Å². The van der Waals surface area contributed by atoms with Gasteiger partial charge in [0, 0.05) is 37.7 Å². The van der Waals surface area contributed by atoms with Crippen LogP contribution in [0.25, 0.3) is 5.82 Å². The van der Waals surface area contributed by atoms with E-state index in [1.54, 1.807) is 0 Å². The number of carbonyl (C=O) groups is 1. The van der Waals surface area contributed by atoms with Gasteiger partial charge in [0.05, 0.1) is 0 Å². The number of carbonyl (C=O) groups excluding carboxylic acids is 1. The zero-order valence-electron chi connectivity index (χ0n) is 13.4. The Labute approximate surface area is 143 Å². The number of hydrogen-bond donors (Lipinski definition) is 2. The number of nitrogens with zero attached hydrogens (tertiary/aromatic N) is 5. The first-order chi connectivity index (χ1) is 12.2. The van der Waals surface area contributed by atoms with Gasteiger partial charge in [0.1, 0.15) is 12.4 Å². The predicted molar refractivity (Wildman–Crippen MR) is 91.4 cm³/mol. The van der Waals surface area contributed by atoms with E-state index in [0.29, 0.717) is 18.9 Å². The molecule has 0 saturated heterocycles. The van der Waals surface area contributed by atoms with Gasteiger partial charge in [0.2, 0.25) is 5.91 Å². The van der Waals surface area contributed by atoms with Gasteiger partial charge in [0.15, 0.2) is 5.82 Å². The van der Waals surface area contributed by atoms with E-state index in [1.807, 2.05) is 41.2 Å². The summed E-state index contributed by atoms with van der Waals surface area (Å²) in [5.41, 5.74) is -0.311. The Bertz CT molecular complexity index is 872. The average molecular weight is 339 g/mol. The van der Waals surface area contributed by atoms with Gasteiger partial charge in [-0.15, -0.1) is 10.2 Å². The molecule has 2 N–H and O–H groups in total. The van der Waals surface area contributed by atoms with E-state index >= 15 is 0 Å². The Hall–Kier alpha value is -3.49. The molecule has 0 atom stereocenters. The van der Waals surface area contributed by atoms with Crippen LogP contribution in [0.1, 0.15) is 0 Å². The van der Waals surface area contributed by atoms with Gasteiger partial charge < -0.3 is 15.2 Å². The van der Waals surface area contributed by atoms with E-state index in [1.165, 1.54) is 18.3 Å². The molecule has 3 aromatic heterocycles. The smallest absolute Gasteiger partial charge is 0.267 e. The predicted octanol–water partition coefficient (Wildman–Crippen LogP) is 0.0523. The average Bonchev–Trinajstić information content (AvgIpc) is 3.16. The topological polar surface area (TPSA) is 107 Å². The van der Waals surface area contributed by atoms with E-state index in [4.69, 9.17) is 0 Å². The molecule has 0 aliphatic rings. The van der Waals surface area contributed by atoms with Crippen molar-refractivity contribution >= 4 is 11.7 Å². The maximum absolute atomic E-state index is 11.8. The molecule has 128 valence electrons. The van der Waals surface area contributed by atoms with Crippen LogP contribution < -0.4 is 16.2 Å². The molecule has 0 bridgehead atoms. The normalized spacial score (nSPS) is 10.4. The third kappa shape index (κ3) is 4.50. The third-order valence-corrected chi connectivity index (χ3v) is 3.35. The number of aromatic nitrogens is 5. The van der Waals surface area contributed by atoms with Crippen LogP contribution in [0.15, 0.2) is 59.8 Å². The largest absolute Gasteiger partial charge is 0.367 e. The lowest BCUT2D eigenvalue weighted by Crippen LogP contribution is -2.35. The van der Waals surface area contributed by atoms with Gasteiger partial charge in [0.25, 0.3) is 5.56 Å². The first-order valence-electron chi connectivity index (χ1n) is 7.72. The Morgan fingerprint density at radius 3 is 2.60 bits per heavy atom. The minimum Gasteiger partial charge on any atom is -0.367 e. The Morgan fingerprint density at radius 1 is 1.04 bits per heavy atom. The van der Waals surface area contributed by atoms with E-state index in [-0.39, 0.29) is 18.0 Å². The highest BCUT2D eigenvalue weighted by molar-refractivity contribution is 5.75. The van der Waals surface area contributed by atoms with E-state index in [2.05, 4.69) is 25.9 Å². The lowest BCUT2D eigenvalue weighted by molar-refractivity contribution is -0.121. The molecule has 0 unspecified atom stereocenters. The maximum Gasteiger partial charge on any atom is 0.267 e. The summed E-state index contributed by atoms with van der Waals surface area (Å²) in [6, 6.07) is 10.4. The molecule has 3 heterocycles. The molecule has 9 nitrogen and oxygen atoms in total. The standard InChI is InChI=1S/C16H17N7O2/c24-15(12-23-16(25)4-3-7-19-23)18-9-8-17-13-5-6-14(21-20-13)22-10-1-2-11-22/h1-7,10-11H,8-9,12H2,(H,17,20)(H,18,24). The monoisotopic (exact) mass is 339 g/mol. The molecule has 0 aromatic carbocycles. The minimum absolute atomic E-state index is 0.106. The molecule has 9 heteroatoms. The summed E-state index contributed by atoms with van der Waals surface area (Å²) in [6.45, 7) is 0.771. The van der Waals surface area contributed by atoms with Gasteiger partial charge in [-0.25, -0.2) is 4.68 Å². The molecule has 25 heavy (non-hydrogen) atoms. The summed E-state index contributed by atoms with van der Waals surface area (Å²) in [5.74, 6) is 1.06. The molecule has 0 spiro atoms. The molecule has 0 radical (unpaired) electrons. The highest BCUT2D eigenvalue weighted by Crippen LogP contribution is 2.06. The fourth-order valence-corrected chi connectivity index (χ4v) is 2.13. The molecule has 0 saturated carbocycles. The fourth-order valence-electron chi connectivity index (χ4n) is 2.13. The second-order valence-electron chi connectivity index (χ2n) is 5.16. The zero-order chi connectivity index (χ0) is 17.5. The van der Waals surface area contributed by atoms with Crippen LogP contribution in [-0.2, 0) is 11.3 Å². The van der Waals surface area contributed by atoms with E-state index in [0.717, 1.165) is 10.5 Å². The van der Waals surface area contributed by atoms with Crippen molar-refractivity contribution in [3.63, 3.8) is 0 Å². The van der Waals surface area contributed by atoms with Crippen LogP contribution in [-0.4, -0.2) is 43.5 Å². The van der Waals surface area contributed by atoms with Crippen molar-refractivity contribution in [3.8, 4) is 5.82 Å². The van der Waals surface area contributed by atoms with Gasteiger partial charge in [-0.05, 0) is 30.3 Å². The molecular weight excluding hydrogens is 322 g/mol. The number of anilines is 1. The lowest BCUT2D eigenvalue weighted by atomic mass is 10.4. The van der Waals surface area contributed by atoms with Crippen LogP contribution in [0.3, 0.4) is 0 Å². The molecule has 1 amide bonds. The zero-order valence-corrected chi connectivity index (χ0v) is 13.4. The summed E-state index contributed by atoms with van der Waals surface area (Å²) in [5, 5.41) is 17.8. The highest BCUT2D eigenvalue weighted by Gasteiger charge is 2.04. The maximum atomic E-state index is 11.8.